The first kappa shape index (κ1) is 20.7. The average Bonchev–Trinajstić information content (AvgIpc) is 2.87. The summed E-state index contributed by atoms with van der Waals surface area (Å²) in [6.45, 7) is 6.21. The quantitative estimate of drug-likeness (QED) is 0.480. The lowest BCUT2D eigenvalue weighted by atomic mass is 9.73. The summed E-state index contributed by atoms with van der Waals surface area (Å²) < 4.78 is 11.8. The molecule has 1 N–H and O–H groups in total. The van der Waals surface area contributed by atoms with Gasteiger partial charge in [-0.1, -0.05) is 24.3 Å². The number of aromatic nitrogens is 1. The SMILES string of the molecule is C=C[C@H]1C[NH+]2CC[C@@H]1C[C@@H]2[C@@H](OC(=O)c1ccccc1)c1ccnc2ccc(OC)cc12. The molecule has 164 valence electrons. The van der Waals surface area contributed by atoms with Crippen LogP contribution in [0.4, 0.5) is 0 Å². The van der Waals surface area contributed by atoms with Crippen molar-refractivity contribution in [1.29, 1.82) is 0 Å². The predicted molar refractivity (Wildman–Crippen MR) is 124 cm³/mol. The fraction of sp³-hybridized carbons (Fsp3) is 0.333. The highest BCUT2D eigenvalue weighted by molar-refractivity contribution is 5.90. The van der Waals surface area contributed by atoms with E-state index in [1.54, 1.807) is 19.2 Å². The maximum absolute atomic E-state index is 13.2. The van der Waals surface area contributed by atoms with Crippen molar-refractivity contribution in [3.05, 3.63) is 84.6 Å². The molecule has 5 nitrogen and oxygen atoms in total. The third kappa shape index (κ3) is 3.78. The number of esters is 1. The molecule has 3 aliphatic heterocycles. The van der Waals surface area contributed by atoms with E-state index in [1.807, 2.05) is 48.7 Å². The fourth-order valence-electron chi connectivity index (χ4n) is 5.53. The Balaban J connectivity index is 1.57. The van der Waals surface area contributed by atoms with Gasteiger partial charge in [0, 0.05) is 35.9 Å². The zero-order chi connectivity index (χ0) is 22.1. The van der Waals surface area contributed by atoms with Crippen LogP contribution in [0.5, 0.6) is 5.75 Å². The van der Waals surface area contributed by atoms with Gasteiger partial charge in [0.1, 0.15) is 11.8 Å². The number of methoxy groups -OCH3 is 1. The van der Waals surface area contributed by atoms with E-state index < -0.39 is 0 Å². The minimum absolute atomic E-state index is 0.203. The van der Waals surface area contributed by atoms with Gasteiger partial charge in [0.25, 0.3) is 0 Å². The molecule has 5 heteroatoms. The minimum atomic E-state index is -0.358. The van der Waals surface area contributed by atoms with Gasteiger partial charge >= 0.3 is 5.97 Å². The van der Waals surface area contributed by atoms with Gasteiger partial charge in [-0.05, 0) is 42.3 Å². The number of quaternary nitrogens is 1. The largest absolute Gasteiger partial charge is 0.497 e. The van der Waals surface area contributed by atoms with Gasteiger partial charge in [0.15, 0.2) is 6.10 Å². The van der Waals surface area contributed by atoms with Gasteiger partial charge < -0.3 is 14.4 Å². The van der Waals surface area contributed by atoms with Gasteiger partial charge in [0.2, 0.25) is 0 Å². The molecular formula is C27H29N2O3+. The molecule has 0 radical (unpaired) electrons. The molecule has 6 rings (SSSR count). The second-order valence-electron chi connectivity index (χ2n) is 8.88. The Bertz CT molecular complexity index is 1130. The Hall–Kier alpha value is -3.18. The molecule has 5 atom stereocenters. The summed E-state index contributed by atoms with van der Waals surface area (Å²) >= 11 is 0. The Morgan fingerprint density at radius 2 is 2.06 bits per heavy atom. The van der Waals surface area contributed by atoms with Crippen molar-refractivity contribution < 1.29 is 19.2 Å². The first-order valence-corrected chi connectivity index (χ1v) is 11.3. The van der Waals surface area contributed by atoms with Gasteiger partial charge in [-0.3, -0.25) is 4.98 Å². The van der Waals surface area contributed by atoms with Crippen molar-refractivity contribution >= 4 is 16.9 Å². The summed E-state index contributed by atoms with van der Waals surface area (Å²) in [5.41, 5.74) is 2.45. The van der Waals surface area contributed by atoms with Gasteiger partial charge in [-0.15, -0.1) is 6.58 Å². The summed E-state index contributed by atoms with van der Waals surface area (Å²) in [5.74, 6) is 1.61. The lowest BCUT2D eigenvalue weighted by molar-refractivity contribution is -0.949. The van der Waals surface area contributed by atoms with Crippen molar-refractivity contribution in [2.24, 2.45) is 11.8 Å². The molecule has 3 aromatic rings. The molecule has 0 spiro atoms. The molecule has 3 saturated heterocycles. The molecule has 2 bridgehead atoms. The van der Waals surface area contributed by atoms with Gasteiger partial charge in [0.05, 0.1) is 31.3 Å². The number of nitrogens with one attached hydrogen (secondary N) is 1. The minimum Gasteiger partial charge on any atom is -0.497 e. The lowest BCUT2D eigenvalue weighted by Crippen LogP contribution is -3.20. The maximum atomic E-state index is 13.2. The molecule has 0 amide bonds. The van der Waals surface area contributed by atoms with Gasteiger partial charge in [-0.2, -0.15) is 0 Å². The number of benzene rings is 2. The Morgan fingerprint density at radius 1 is 1.22 bits per heavy atom. The highest BCUT2D eigenvalue weighted by Gasteiger charge is 2.47. The predicted octanol–water partition coefficient (Wildman–Crippen LogP) is 3.62. The van der Waals surface area contributed by atoms with Crippen LogP contribution in [0.1, 0.15) is 34.9 Å². The monoisotopic (exact) mass is 429 g/mol. The molecule has 4 heterocycles. The summed E-state index contributed by atoms with van der Waals surface area (Å²) in [5, 5.41) is 0.972. The van der Waals surface area contributed by atoms with Crippen LogP contribution in [0.15, 0.2) is 73.4 Å². The van der Waals surface area contributed by atoms with Crippen LogP contribution >= 0.6 is 0 Å². The van der Waals surface area contributed by atoms with Crippen LogP contribution in [-0.2, 0) is 4.74 Å². The number of pyridine rings is 1. The molecule has 1 unspecified atom stereocenters. The van der Waals surface area contributed by atoms with Crippen molar-refractivity contribution in [1.82, 2.24) is 4.98 Å². The topological polar surface area (TPSA) is 52.9 Å². The number of carbonyl (C=O) groups is 1. The Labute approximate surface area is 188 Å². The normalized spacial score (nSPS) is 25.3. The van der Waals surface area contributed by atoms with E-state index in [-0.39, 0.29) is 18.1 Å². The van der Waals surface area contributed by atoms with E-state index in [0.717, 1.165) is 41.7 Å². The molecule has 0 aliphatic carbocycles. The van der Waals surface area contributed by atoms with Crippen LogP contribution < -0.4 is 9.64 Å². The van der Waals surface area contributed by atoms with Crippen molar-refractivity contribution in [2.75, 3.05) is 20.2 Å². The van der Waals surface area contributed by atoms with E-state index in [1.165, 1.54) is 11.3 Å². The number of nitrogens with zero attached hydrogens (tertiary/aromatic N) is 1. The molecule has 3 aliphatic rings. The second-order valence-corrected chi connectivity index (χ2v) is 8.88. The third-order valence-corrected chi connectivity index (χ3v) is 7.22. The van der Waals surface area contributed by atoms with Crippen LogP contribution in [0.25, 0.3) is 10.9 Å². The van der Waals surface area contributed by atoms with Crippen molar-refractivity contribution in [3.63, 3.8) is 0 Å². The first-order valence-electron chi connectivity index (χ1n) is 11.3. The number of piperidine rings is 3. The number of carbonyl (C=O) groups excluding carboxylic acids is 1. The zero-order valence-corrected chi connectivity index (χ0v) is 18.4. The lowest BCUT2D eigenvalue weighted by Gasteiger charge is -2.48. The summed E-state index contributed by atoms with van der Waals surface area (Å²) in [6, 6.07) is 17.3. The summed E-state index contributed by atoms with van der Waals surface area (Å²) in [4.78, 5) is 19.2. The number of hydrogen-bond donors (Lipinski definition) is 1. The van der Waals surface area contributed by atoms with Gasteiger partial charge in [-0.25, -0.2) is 4.79 Å². The van der Waals surface area contributed by atoms with E-state index in [2.05, 4.69) is 17.6 Å². The number of fused-ring (bicyclic) bond motifs is 4. The maximum Gasteiger partial charge on any atom is 0.338 e. The zero-order valence-electron chi connectivity index (χ0n) is 18.4. The second kappa shape index (κ2) is 8.75. The van der Waals surface area contributed by atoms with Crippen LogP contribution in [0, 0.1) is 11.8 Å². The highest BCUT2D eigenvalue weighted by Crippen LogP contribution is 2.37. The van der Waals surface area contributed by atoms with Crippen LogP contribution in [0.2, 0.25) is 0 Å². The number of ether oxygens (including phenoxy) is 2. The first-order chi connectivity index (χ1) is 15.7. The number of rotatable bonds is 6. The molecule has 1 aromatic heterocycles. The number of hydrogen-bond acceptors (Lipinski definition) is 4. The van der Waals surface area contributed by atoms with Crippen LogP contribution in [-0.4, -0.2) is 37.2 Å². The smallest absolute Gasteiger partial charge is 0.338 e. The molecule has 32 heavy (non-hydrogen) atoms. The van der Waals surface area contributed by atoms with E-state index in [4.69, 9.17) is 9.47 Å². The third-order valence-electron chi connectivity index (χ3n) is 7.22. The highest BCUT2D eigenvalue weighted by atomic mass is 16.5. The van der Waals surface area contributed by atoms with Crippen LogP contribution in [0.3, 0.4) is 0 Å². The Morgan fingerprint density at radius 3 is 2.78 bits per heavy atom. The molecule has 2 aromatic carbocycles. The van der Waals surface area contributed by atoms with Crippen molar-refractivity contribution in [2.45, 2.75) is 25.0 Å². The average molecular weight is 430 g/mol. The molecule has 3 fully saturated rings. The summed E-state index contributed by atoms with van der Waals surface area (Å²) in [6.07, 6.45) is 5.78. The Kier molecular flexibility index (Phi) is 5.66. The van der Waals surface area contributed by atoms with E-state index >= 15 is 0 Å². The standard InChI is InChI=1S/C27H28N2O3/c1-3-18-17-29-14-12-20(18)15-25(29)26(32-27(30)19-7-5-4-6-8-19)22-11-13-28-24-10-9-21(31-2)16-23(22)24/h3-11,13,16,18,20,25-26H,1,12,14-15,17H2,2H3/p+1/t18-,20+,25+,26-/m0/s1. The van der Waals surface area contributed by atoms with E-state index in [9.17, 15) is 4.79 Å². The fourth-order valence-corrected chi connectivity index (χ4v) is 5.53. The summed E-state index contributed by atoms with van der Waals surface area (Å²) in [7, 11) is 1.66. The molecular weight excluding hydrogens is 400 g/mol. The van der Waals surface area contributed by atoms with Crippen molar-refractivity contribution in [3.8, 4) is 5.75 Å². The molecule has 0 saturated carbocycles. The van der Waals surface area contributed by atoms with E-state index in [0.29, 0.717) is 17.4 Å².